The van der Waals surface area contributed by atoms with Gasteiger partial charge in [0.1, 0.15) is 0 Å². The second kappa shape index (κ2) is 4.91. The van der Waals surface area contributed by atoms with Crippen LogP contribution in [0.3, 0.4) is 0 Å². The fourth-order valence-corrected chi connectivity index (χ4v) is 3.73. The molecule has 0 bridgehead atoms. The molecule has 1 heteroatoms. The van der Waals surface area contributed by atoms with E-state index in [1.54, 1.807) is 0 Å². The third-order valence-corrected chi connectivity index (χ3v) is 4.61. The molecule has 21 heavy (non-hydrogen) atoms. The Bertz CT molecular complexity index is 790. The maximum Gasteiger partial charge on any atom is 0.0488 e. The third-order valence-electron chi connectivity index (χ3n) is 4.61. The van der Waals surface area contributed by atoms with Crippen LogP contribution in [0.1, 0.15) is 39.7 Å². The van der Waals surface area contributed by atoms with Gasteiger partial charge in [0.05, 0.1) is 0 Å². The van der Waals surface area contributed by atoms with E-state index in [1.807, 2.05) is 0 Å². The molecule has 0 aliphatic rings. The van der Waals surface area contributed by atoms with Crippen LogP contribution in [-0.4, -0.2) is 4.57 Å². The number of hydrogen-bond acceptors (Lipinski definition) is 0. The highest BCUT2D eigenvalue weighted by atomic mass is 14.9. The first-order valence-corrected chi connectivity index (χ1v) is 7.88. The highest BCUT2D eigenvalue weighted by Gasteiger charge is 2.22. The highest BCUT2D eigenvalue weighted by Crippen LogP contribution is 2.35. The van der Waals surface area contributed by atoms with Gasteiger partial charge in [-0.1, -0.05) is 52.0 Å². The van der Waals surface area contributed by atoms with Crippen molar-refractivity contribution in [2.75, 3.05) is 0 Å². The summed E-state index contributed by atoms with van der Waals surface area (Å²) in [5.74, 6) is 0.711. The monoisotopic (exact) mass is 279 g/mol. The lowest BCUT2D eigenvalue weighted by Gasteiger charge is -2.27. The van der Waals surface area contributed by atoms with Gasteiger partial charge in [0.15, 0.2) is 0 Å². The number of nitrogens with zero attached hydrogens (tertiary/aromatic N) is 1. The van der Waals surface area contributed by atoms with Crippen molar-refractivity contribution < 1.29 is 0 Å². The van der Waals surface area contributed by atoms with Crippen LogP contribution in [0.5, 0.6) is 0 Å². The van der Waals surface area contributed by atoms with Crippen molar-refractivity contribution in [3.63, 3.8) is 0 Å². The quantitative estimate of drug-likeness (QED) is 0.583. The van der Waals surface area contributed by atoms with Gasteiger partial charge in [-0.25, -0.2) is 0 Å². The number of fused-ring (bicyclic) bond motifs is 3. The summed E-state index contributed by atoms with van der Waals surface area (Å²) >= 11 is 0. The lowest BCUT2D eigenvalue weighted by Crippen LogP contribution is -2.19. The summed E-state index contributed by atoms with van der Waals surface area (Å²) in [7, 11) is 2.16. The summed E-state index contributed by atoms with van der Waals surface area (Å²) in [6.07, 6.45) is 1.21. The van der Waals surface area contributed by atoms with Crippen LogP contribution in [0, 0.1) is 5.92 Å². The molecule has 0 saturated carbocycles. The number of para-hydroxylation sites is 1. The summed E-state index contributed by atoms with van der Waals surface area (Å²) in [6.45, 7) is 9.33. The molecule has 0 atom stereocenters. The number of rotatable bonds is 3. The van der Waals surface area contributed by atoms with Crippen molar-refractivity contribution in [1.29, 1.82) is 0 Å². The molecule has 0 radical (unpaired) electrons. The van der Waals surface area contributed by atoms with Gasteiger partial charge in [-0.05, 0) is 41.5 Å². The van der Waals surface area contributed by atoms with E-state index >= 15 is 0 Å². The van der Waals surface area contributed by atoms with Gasteiger partial charge in [0.25, 0.3) is 0 Å². The maximum atomic E-state index is 2.40. The molecule has 1 nitrogen and oxygen atoms in total. The Kier molecular flexibility index (Phi) is 3.32. The minimum atomic E-state index is 0.222. The van der Waals surface area contributed by atoms with Gasteiger partial charge in [-0.2, -0.15) is 0 Å². The SMILES string of the molecule is CC(C)CC(C)(C)c1ccc2c(c1)c1ccccc1n2C. The van der Waals surface area contributed by atoms with Crippen LogP contribution in [0.4, 0.5) is 0 Å². The molecule has 3 aromatic rings. The molecule has 0 unspecified atom stereocenters. The summed E-state index contributed by atoms with van der Waals surface area (Å²) in [6, 6.07) is 15.7. The Hall–Kier alpha value is -1.76. The van der Waals surface area contributed by atoms with Crippen LogP contribution in [0.25, 0.3) is 21.8 Å². The van der Waals surface area contributed by atoms with Gasteiger partial charge in [0.2, 0.25) is 0 Å². The molecular weight excluding hydrogens is 254 g/mol. The van der Waals surface area contributed by atoms with E-state index in [2.05, 4.69) is 81.8 Å². The van der Waals surface area contributed by atoms with E-state index in [0.29, 0.717) is 5.92 Å². The molecule has 1 heterocycles. The number of aromatic nitrogens is 1. The Morgan fingerprint density at radius 3 is 2.33 bits per heavy atom. The van der Waals surface area contributed by atoms with Crippen LogP contribution in [-0.2, 0) is 12.5 Å². The van der Waals surface area contributed by atoms with Crippen molar-refractivity contribution in [3.8, 4) is 0 Å². The Balaban J connectivity index is 2.22. The van der Waals surface area contributed by atoms with Gasteiger partial charge in [-0.3, -0.25) is 0 Å². The minimum Gasteiger partial charge on any atom is -0.344 e. The molecule has 0 aliphatic carbocycles. The van der Waals surface area contributed by atoms with Crippen molar-refractivity contribution in [3.05, 3.63) is 48.0 Å². The lowest BCUT2D eigenvalue weighted by atomic mass is 9.77. The molecular formula is C20H25N. The van der Waals surface area contributed by atoms with Crippen molar-refractivity contribution >= 4 is 21.8 Å². The maximum absolute atomic E-state index is 2.40. The Morgan fingerprint density at radius 1 is 0.952 bits per heavy atom. The van der Waals surface area contributed by atoms with Crippen LogP contribution < -0.4 is 0 Å². The van der Waals surface area contributed by atoms with Gasteiger partial charge >= 0.3 is 0 Å². The fourth-order valence-electron chi connectivity index (χ4n) is 3.73. The van der Waals surface area contributed by atoms with E-state index in [-0.39, 0.29) is 5.41 Å². The molecule has 3 rings (SSSR count). The van der Waals surface area contributed by atoms with Gasteiger partial charge in [0, 0.05) is 28.9 Å². The third kappa shape index (κ3) is 2.35. The van der Waals surface area contributed by atoms with E-state index in [9.17, 15) is 0 Å². The molecule has 0 aliphatic heterocycles. The molecule has 0 spiro atoms. The summed E-state index contributed by atoms with van der Waals surface area (Å²) in [4.78, 5) is 0. The first kappa shape index (κ1) is 14.2. The first-order valence-electron chi connectivity index (χ1n) is 7.88. The molecule has 1 aromatic heterocycles. The number of aryl methyl sites for hydroxylation is 1. The number of hydrogen-bond donors (Lipinski definition) is 0. The fraction of sp³-hybridized carbons (Fsp3) is 0.400. The summed E-state index contributed by atoms with van der Waals surface area (Å²) in [5.41, 5.74) is 4.30. The van der Waals surface area contributed by atoms with E-state index in [4.69, 9.17) is 0 Å². The molecule has 0 fully saturated rings. The predicted molar refractivity (Wildman–Crippen MR) is 92.9 cm³/mol. The zero-order valence-corrected chi connectivity index (χ0v) is 13.8. The van der Waals surface area contributed by atoms with Crippen molar-refractivity contribution in [2.24, 2.45) is 13.0 Å². The standard InChI is InChI=1S/C20H25N/c1-14(2)13-20(3,4)15-10-11-19-17(12-15)16-8-6-7-9-18(16)21(19)5/h6-12,14H,13H2,1-5H3. The molecule has 0 amide bonds. The minimum absolute atomic E-state index is 0.222. The van der Waals surface area contributed by atoms with Gasteiger partial charge < -0.3 is 4.57 Å². The molecule has 110 valence electrons. The second-order valence-corrected chi connectivity index (χ2v) is 7.29. The lowest BCUT2D eigenvalue weighted by molar-refractivity contribution is 0.400. The first-order chi connectivity index (χ1) is 9.90. The smallest absolute Gasteiger partial charge is 0.0488 e. The summed E-state index contributed by atoms with van der Waals surface area (Å²) < 4.78 is 2.30. The van der Waals surface area contributed by atoms with Crippen LogP contribution in [0.15, 0.2) is 42.5 Å². The van der Waals surface area contributed by atoms with E-state index < -0.39 is 0 Å². The molecule has 2 aromatic carbocycles. The number of benzene rings is 2. The normalized spacial score (nSPS) is 12.7. The second-order valence-electron chi connectivity index (χ2n) is 7.29. The van der Waals surface area contributed by atoms with E-state index in [1.165, 1.54) is 33.8 Å². The topological polar surface area (TPSA) is 4.93 Å². The van der Waals surface area contributed by atoms with Crippen LogP contribution >= 0.6 is 0 Å². The Morgan fingerprint density at radius 2 is 1.62 bits per heavy atom. The van der Waals surface area contributed by atoms with Gasteiger partial charge in [-0.15, -0.1) is 0 Å². The Labute approximate surface area is 127 Å². The van der Waals surface area contributed by atoms with Crippen molar-refractivity contribution in [1.82, 2.24) is 4.57 Å². The zero-order valence-electron chi connectivity index (χ0n) is 13.8. The van der Waals surface area contributed by atoms with E-state index in [0.717, 1.165) is 0 Å². The molecule has 0 saturated heterocycles. The highest BCUT2D eigenvalue weighted by molar-refractivity contribution is 6.08. The average molecular weight is 279 g/mol. The summed E-state index contributed by atoms with van der Waals surface area (Å²) in [5, 5.41) is 2.74. The average Bonchev–Trinajstić information content (AvgIpc) is 2.71. The largest absolute Gasteiger partial charge is 0.344 e. The molecule has 0 N–H and O–H groups in total. The van der Waals surface area contributed by atoms with Crippen LogP contribution in [0.2, 0.25) is 0 Å². The predicted octanol–water partition coefficient (Wildman–Crippen LogP) is 5.66. The van der Waals surface area contributed by atoms with Crippen molar-refractivity contribution in [2.45, 2.75) is 39.5 Å². The zero-order chi connectivity index (χ0) is 15.2.